The van der Waals surface area contributed by atoms with Crippen molar-refractivity contribution in [3.05, 3.63) is 45.9 Å². The van der Waals surface area contributed by atoms with Gasteiger partial charge in [0.2, 0.25) is 0 Å². The highest BCUT2D eigenvalue weighted by Gasteiger charge is 2.14. The monoisotopic (exact) mass is 324 g/mol. The highest BCUT2D eigenvalue weighted by atomic mass is 35.5. The van der Waals surface area contributed by atoms with Gasteiger partial charge in [-0.05, 0) is 32.0 Å². The number of hydrogen-bond acceptors (Lipinski definition) is 4. The van der Waals surface area contributed by atoms with Gasteiger partial charge >= 0.3 is 0 Å². The number of rotatable bonds is 7. The highest BCUT2D eigenvalue weighted by molar-refractivity contribution is 7.09. The number of aromatic nitrogens is 1. The van der Waals surface area contributed by atoms with E-state index in [0.29, 0.717) is 11.9 Å². The van der Waals surface area contributed by atoms with Crippen LogP contribution < -0.4 is 4.74 Å². The Morgan fingerprint density at radius 2 is 2.14 bits per heavy atom. The Kier molecular flexibility index (Phi) is 6.03. The van der Waals surface area contributed by atoms with Crippen molar-refractivity contribution in [3.63, 3.8) is 0 Å². The Balaban J connectivity index is 1.97. The van der Waals surface area contributed by atoms with Crippen LogP contribution in [0.4, 0.5) is 0 Å². The fraction of sp³-hybridized carbons (Fsp3) is 0.438. The molecule has 0 amide bonds. The molecule has 0 radical (unpaired) electrons. The van der Waals surface area contributed by atoms with Crippen LogP contribution in [0, 0.1) is 0 Å². The molecule has 1 aromatic carbocycles. The molecule has 0 aliphatic rings. The first-order valence-corrected chi connectivity index (χ1v) is 8.36. The summed E-state index contributed by atoms with van der Waals surface area (Å²) in [6.45, 7) is 3.07. The van der Waals surface area contributed by atoms with Crippen LogP contribution in [0.5, 0.6) is 5.75 Å². The van der Waals surface area contributed by atoms with E-state index < -0.39 is 0 Å². The molecule has 1 atom stereocenters. The summed E-state index contributed by atoms with van der Waals surface area (Å²) in [5.74, 6) is 1.44. The van der Waals surface area contributed by atoms with E-state index in [1.54, 1.807) is 18.4 Å². The molecular formula is C16H21ClN2OS. The largest absolute Gasteiger partial charge is 0.496 e. The second-order valence-corrected chi connectivity index (χ2v) is 6.36. The van der Waals surface area contributed by atoms with Crippen molar-refractivity contribution in [3.8, 4) is 5.75 Å². The second-order valence-electron chi connectivity index (χ2n) is 5.15. The molecule has 5 heteroatoms. The number of halogens is 1. The minimum absolute atomic E-state index is 0.407. The number of nitrogens with zero attached hydrogens (tertiary/aromatic N) is 2. The topological polar surface area (TPSA) is 25.4 Å². The number of ether oxygens (including phenoxy) is 1. The third-order valence-corrected chi connectivity index (χ3v) is 4.74. The van der Waals surface area contributed by atoms with Gasteiger partial charge in [0.1, 0.15) is 10.8 Å². The average molecular weight is 325 g/mol. The van der Waals surface area contributed by atoms with Crippen molar-refractivity contribution in [2.75, 3.05) is 14.2 Å². The fourth-order valence-electron chi connectivity index (χ4n) is 2.20. The first-order chi connectivity index (χ1) is 10.1. The van der Waals surface area contributed by atoms with Crippen LogP contribution in [0.1, 0.15) is 23.2 Å². The van der Waals surface area contributed by atoms with Gasteiger partial charge in [-0.15, -0.1) is 22.9 Å². The van der Waals surface area contributed by atoms with E-state index in [1.807, 2.05) is 17.5 Å². The molecule has 0 bridgehead atoms. The van der Waals surface area contributed by atoms with Crippen molar-refractivity contribution in [1.29, 1.82) is 0 Å². The lowest BCUT2D eigenvalue weighted by Crippen LogP contribution is -2.30. The molecule has 0 saturated carbocycles. The molecule has 0 aliphatic carbocycles. The Labute approximate surface area is 135 Å². The lowest BCUT2D eigenvalue weighted by atomic mass is 10.1. The smallest absolute Gasteiger partial charge is 0.122 e. The summed E-state index contributed by atoms with van der Waals surface area (Å²) in [5.41, 5.74) is 2.20. The molecule has 21 heavy (non-hydrogen) atoms. The number of likely N-dealkylation sites (N-methyl/N-ethyl adjacent to an activating group) is 1. The number of thiazole rings is 1. The molecule has 2 rings (SSSR count). The van der Waals surface area contributed by atoms with Gasteiger partial charge in [0.05, 0.1) is 25.2 Å². The Morgan fingerprint density at radius 3 is 2.81 bits per heavy atom. The van der Waals surface area contributed by atoms with Gasteiger partial charge in [-0.1, -0.05) is 18.2 Å². The predicted octanol–water partition coefficient (Wildman–Crippen LogP) is 3.95. The Morgan fingerprint density at radius 1 is 1.38 bits per heavy atom. The second kappa shape index (κ2) is 7.78. The van der Waals surface area contributed by atoms with E-state index in [2.05, 4.69) is 36.0 Å². The molecule has 0 N–H and O–H groups in total. The molecule has 0 saturated heterocycles. The van der Waals surface area contributed by atoms with Gasteiger partial charge in [-0.3, -0.25) is 4.90 Å². The maximum absolute atomic E-state index is 5.80. The predicted molar refractivity (Wildman–Crippen MR) is 89.3 cm³/mol. The summed E-state index contributed by atoms with van der Waals surface area (Å²) in [4.78, 5) is 6.82. The number of methoxy groups -OCH3 is 1. The SMILES string of the molecule is COc1ccccc1CC(C)N(C)Cc1nc(CCl)cs1. The summed E-state index contributed by atoms with van der Waals surface area (Å²) in [7, 11) is 3.85. The first-order valence-electron chi connectivity index (χ1n) is 6.95. The zero-order valence-corrected chi connectivity index (χ0v) is 14.2. The van der Waals surface area contributed by atoms with E-state index in [-0.39, 0.29) is 0 Å². The number of benzene rings is 1. The van der Waals surface area contributed by atoms with Gasteiger partial charge < -0.3 is 4.74 Å². The summed E-state index contributed by atoms with van der Waals surface area (Å²) >= 11 is 7.47. The molecule has 0 aliphatic heterocycles. The Hall–Kier alpha value is -1.10. The van der Waals surface area contributed by atoms with Crippen LogP contribution in [-0.4, -0.2) is 30.1 Å². The van der Waals surface area contributed by atoms with Crippen molar-refractivity contribution < 1.29 is 4.74 Å². The molecule has 114 valence electrons. The van der Waals surface area contributed by atoms with Crippen LogP contribution in [0.15, 0.2) is 29.6 Å². The standard InChI is InChI=1S/C16H21ClN2OS/c1-12(8-13-6-4-5-7-15(13)20-3)19(2)10-16-18-14(9-17)11-21-16/h4-7,11-12H,8-10H2,1-3H3. The van der Waals surface area contributed by atoms with E-state index in [1.165, 1.54) is 5.56 Å². The van der Waals surface area contributed by atoms with E-state index in [0.717, 1.165) is 29.4 Å². The third kappa shape index (κ3) is 4.43. The summed E-state index contributed by atoms with van der Waals surface area (Å²) in [5, 5.41) is 3.14. The molecule has 2 aromatic rings. The van der Waals surface area contributed by atoms with Gasteiger partial charge in [0, 0.05) is 11.4 Å². The van der Waals surface area contributed by atoms with Crippen molar-refractivity contribution in [1.82, 2.24) is 9.88 Å². The number of alkyl halides is 1. The Bertz CT molecular complexity index is 573. The first kappa shape index (κ1) is 16.3. The zero-order valence-electron chi connectivity index (χ0n) is 12.7. The maximum atomic E-state index is 5.80. The number of para-hydroxylation sites is 1. The molecule has 3 nitrogen and oxygen atoms in total. The molecular weight excluding hydrogens is 304 g/mol. The van der Waals surface area contributed by atoms with Crippen LogP contribution >= 0.6 is 22.9 Å². The van der Waals surface area contributed by atoms with Gasteiger partial charge in [-0.2, -0.15) is 0 Å². The third-order valence-electron chi connectivity index (χ3n) is 3.58. The van der Waals surface area contributed by atoms with E-state index in [4.69, 9.17) is 16.3 Å². The summed E-state index contributed by atoms with van der Waals surface area (Å²) in [6, 6.07) is 8.59. The van der Waals surface area contributed by atoms with Crippen molar-refractivity contribution in [2.24, 2.45) is 0 Å². The molecule has 1 aromatic heterocycles. The molecule has 0 spiro atoms. The average Bonchev–Trinajstić information content (AvgIpc) is 2.95. The van der Waals surface area contributed by atoms with Crippen molar-refractivity contribution >= 4 is 22.9 Å². The van der Waals surface area contributed by atoms with Crippen LogP contribution in [-0.2, 0) is 18.8 Å². The minimum Gasteiger partial charge on any atom is -0.496 e. The van der Waals surface area contributed by atoms with E-state index >= 15 is 0 Å². The molecule has 0 fully saturated rings. The number of hydrogen-bond donors (Lipinski definition) is 0. The quantitative estimate of drug-likeness (QED) is 0.721. The van der Waals surface area contributed by atoms with Gasteiger partial charge in [-0.25, -0.2) is 4.98 Å². The van der Waals surface area contributed by atoms with Crippen LogP contribution in [0.3, 0.4) is 0 Å². The molecule has 1 unspecified atom stereocenters. The van der Waals surface area contributed by atoms with Crippen LogP contribution in [0.25, 0.3) is 0 Å². The molecule has 1 heterocycles. The summed E-state index contributed by atoms with van der Waals surface area (Å²) in [6.07, 6.45) is 0.953. The summed E-state index contributed by atoms with van der Waals surface area (Å²) < 4.78 is 5.42. The highest BCUT2D eigenvalue weighted by Crippen LogP contribution is 2.21. The minimum atomic E-state index is 0.407. The van der Waals surface area contributed by atoms with Gasteiger partial charge in [0.25, 0.3) is 0 Å². The zero-order chi connectivity index (χ0) is 15.2. The van der Waals surface area contributed by atoms with Crippen LogP contribution in [0.2, 0.25) is 0 Å². The lowest BCUT2D eigenvalue weighted by Gasteiger charge is -2.24. The van der Waals surface area contributed by atoms with Crippen molar-refractivity contribution in [2.45, 2.75) is 31.8 Å². The van der Waals surface area contributed by atoms with Gasteiger partial charge in [0.15, 0.2) is 0 Å². The lowest BCUT2D eigenvalue weighted by molar-refractivity contribution is 0.246. The normalized spacial score (nSPS) is 12.6. The van der Waals surface area contributed by atoms with E-state index in [9.17, 15) is 0 Å². The maximum Gasteiger partial charge on any atom is 0.122 e. The fourth-order valence-corrected chi connectivity index (χ4v) is 3.28.